The topological polar surface area (TPSA) is 69.9 Å². The third kappa shape index (κ3) is 5.97. The molecule has 162 valence electrons. The molecule has 0 spiro atoms. The number of methoxy groups -OCH3 is 1. The van der Waals surface area contributed by atoms with E-state index in [4.69, 9.17) is 4.74 Å². The van der Waals surface area contributed by atoms with Gasteiger partial charge in [0.2, 0.25) is 0 Å². The second-order valence-electron chi connectivity index (χ2n) is 6.66. The standard InChI is InChI=1S/C22H22F2N4O2S/c1-4-28-12-17(11-25-28)19(29)7-5-15-6-8-20(30-3)16(10-15)13-31-22-26-14(2)9-18(27-22)21(23)24/h5-12,21H,4,13H2,1-3H3/b7-5+. The number of hydrogen-bond donors (Lipinski definition) is 0. The molecule has 1 aromatic carbocycles. The molecule has 0 bridgehead atoms. The van der Waals surface area contributed by atoms with Gasteiger partial charge in [-0.25, -0.2) is 18.7 Å². The van der Waals surface area contributed by atoms with Gasteiger partial charge in [0.25, 0.3) is 6.43 Å². The fraction of sp³-hybridized carbons (Fsp3) is 0.273. The van der Waals surface area contributed by atoms with Gasteiger partial charge >= 0.3 is 0 Å². The Bertz CT molecular complexity index is 1100. The average Bonchev–Trinajstić information content (AvgIpc) is 3.25. The van der Waals surface area contributed by atoms with Crippen molar-refractivity contribution in [2.24, 2.45) is 0 Å². The summed E-state index contributed by atoms with van der Waals surface area (Å²) >= 11 is 1.25. The lowest BCUT2D eigenvalue weighted by Crippen LogP contribution is -1.98. The number of carbonyl (C=O) groups excluding carboxylic acids is 1. The molecule has 0 fully saturated rings. The Morgan fingerprint density at radius 3 is 2.77 bits per heavy atom. The molecule has 0 aliphatic carbocycles. The second kappa shape index (κ2) is 10.3. The number of alkyl halides is 2. The summed E-state index contributed by atoms with van der Waals surface area (Å²) in [6.45, 7) is 4.30. The average molecular weight is 445 g/mol. The molecule has 3 rings (SSSR count). The van der Waals surface area contributed by atoms with E-state index in [1.54, 1.807) is 43.3 Å². The van der Waals surface area contributed by atoms with Gasteiger partial charge in [0.15, 0.2) is 10.9 Å². The van der Waals surface area contributed by atoms with Crippen LogP contribution in [-0.2, 0) is 12.3 Å². The maximum atomic E-state index is 13.0. The van der Waals surface area contributed by atoms with Gasteiger partial charge in [0, 0.05) is 29.8 Å². The number of allylic oxidation sites excluding steroid dienone is 1. The zero-order valence-corrected chi connectivity index (χ0v) is 18.2. The van der Waals surface area contributed by atoms with E-state index in [2.05, 4.69) is 15.1 Å². The summed E-state index contributed by atoms with van der Waals surface area (Å²) in [5.41, 5.74) is 2.37. The minimum Gasteiger partial charge on any atom is -0.496 e. The van der Waals surface area contributed by atoms with E-state index in [0.29, 0.717) is 29.3 Å². The van der Waals surface area contributed by atoms with Crippen LogP contribution in [0.2, 0.25) is 0 Å². The van der Waals surface area contributed by atoms with Crippen molar-refractivity contribution in [3.05, 3.63) is 70.8 Å². The SMILES string of the molecule is CCn1cc(C(=O)/C=C/c2ccc(OC)c(CSc3nc(C)cc(C(F)F)n3)c2)cn1. The molecule has 2 heterocycles. The molecule has 0 amide bonds. The van der Waals surface area contributed by atoms with E-state index in [0.717, 1.165) is 11.1 Å². The van der Waals surface area contributed by atoms with Crippen LogP contribution >= 0.6 is 11.8 Å². The van der Waals surface area contributed by atoms with Crippen molar-refractivity contribution < 1.29 is 18.3 Å². The van der Waals surface area contributed by atoms with Gasteiger partial charge in [-0.05, 0) is 43.7 Å². The molecule has 2 aromatic heterocycles. The van der Waals surface area contributed by atoms with Crippen molar-refractivity contribution >= 4 is 23.6 Å². The summed E-state index contributed by atoms with van der Waals surface area (Å²) in [5, 5.41) is 4.39. The van der Waals surface area contributed by atoms with Crippen LogP contribution in [0, 0.1) is 6.92 Å². The summed E-state index contributed by atoms with van der Waals surface area (Å²) in [6.07, 6.45) is 3.82. The summed E-state index contributed by atoms with van der Waals surface area (Å²) < 4.78 is 33.1. The van der Waals surface area contributed by atoms with E-state index in [-0.39, 0.29) is 16.6 Å². The largest absolute Gasteiger partial charge is 0.496 e. The highest BCUT2D eigenvalue weighted by atomic mass is 32.2. The number of ketones is 1. The monoisotopic (exact) mass is 444 g/mol. The summed E-state index contributed by atoms with van der Waals surface area (Å²) in [4.78, 5) is 20.5. The fourth-order valence-electron chi connectivity index (χ4n) is 2.83. The first-order valence-corrected chi connectivity index (χ1v) is 10.6. The van der Waals surface area contributed by atoms with Crippen LogP contribution in [0.5, 0.6) is 5.75 Å². The number of rotatable bonds is 9. The number of aromatic nitrogens is 4. The van der Waals surface area contributed by atoms with Gasteiger partial charge < -0.3 is 4.74 Å². The highest BCUT2D eigenvalue weighted by Gasteiger charge is 2.13. The van der Waals surface area contributed by atoms with Crippen molar-refractivity contribution in [1.29, 1.82) is 0 Å². The Kier molecular flexibility index (Phi) is 7.51. The number of aryl methyl sites for hydroxylation is 2. The predicted molar refractivity (Wildman–Crippen MR) is 116 cm³/mol. The molecular weight excluding hydrogens is 422 g/mol. The molecule has 0 saturated heterocycles. The van der Waals surface area contributed by atoms with E-state index >= 15 is 0 Å². The van der Waals surface area contributed by atoms with Crippen molar-refractivity contribution in [3.8, 4) is 5.75 Å². The lowest BCUT2D eigenvalue weighted by atomic mass is 10.1. The Labute approximate surface area is 183 Å². The molecule has 0 aliphatic rings. The third-order valence-electron chi connectivity index (χ3n) is 4.41. The second-order valence-corrected chi connectivity index (χ2v) is 7.60. The van der Waals surface area contributed by atoms with Crippen molar-refractivity contribution in [2.75, 3.05) is 7.11 Å². The number of ether oxygens (including phenoxy) is 1. The number of benzene rings is 1. The highest BCUT2D eigenvalue weighted by Crippen LogP contribution is 2.29. The van der Waals surface area contributed by atoms with Gasteiger partial charge in [-0.3, -0.25) is 9.48 Å². The quantitative estimate of drug-likeness (QED) is 0.197. The zero-order valence-electron chi connectivity index (χ0n) is 17.4. The number of carbonyl (C=O) groups is 1. The normalized spacial score (nSPS) is 11.4. The molecule has 9 heteroatoms. The predicted octanol–water partition coefficient (Wildman–Crippen LogP) is 5.14. The molecule has 0 N–H and O–H groups in total. The first-order chi connectivity index (χ1) is 14.9. The van der Waals surface area contributed by atoms with Crippen LogP contribution < -0.4 is 4.74 Å². The summed E-state index contributed by atoms with van der Waals surface area (Å²) in [5.74, 6) is 0.940. The molecule has 0 radical (unpaired) electrons. The highest BCUT2D eigenvalue weighted by molar-refractivity contribution is 7.98. The summed E-state index contributed by atoms with van der Waals surface area (Å²) in [7, 11) is 1.56. The molecular formula is C22H22F2N4O2S. The number of hydrogen-bond acceptors (Lipinski definition) is 6. The van der Waals surface area contributed by atoms with Gasteiger partial charge in [0.05, 0.1) is 18.9 Å². The molecule has 31 heavy (non-hydrogen) atoms. The number of thioether (sulfide) groups is 1. The van der Waals surface area contributed by atoms with Crippen LogP contribution in [0.25, 0.3) is 6.08 Å². The zero-order chi connectivity index (χ0) is 22.4. The molecule has 0 saturated carbocycles. The minimum atomic E-state index is -2.65. The van der Waals surface area contributed by atoms with Gasteiger partial charge in [-0.1, -0.05) is 23.9 Å². The molecule has 3 aromatic rings. The third-order valence-corrected chi connectivity index (χ3v) is 5.30. The molecule has 0 unspecified atom stereocenters. The van der Waals surface area contributed by atoms with Crippen LogP contribution in [0.1, 0.15) is 46.2 Å². The molecule has 0 aliphatic heterocycles. The number of halogens is 2. The van der Waals surface area contributed by atoms with E-state index in [1.807, 2.05) is 19.1 Å². The van der Waals surface area contributed by atoms with Crippen molar-refractivity contribution in [1.82, 2.24) is 19.7 Å². The van der Waals surface area contributed by atoms with E-state index in [1.165, 1.54) is 23.9 Å². The maximum Gasteiger partial charge on any atom is 0.280 e. The minimum absolute atomic E-state index is 0.140. The van der Waals surface area contributed by atoms with Crippen molar-refractivity contribution in [3.63, 3.8) is 0 Å². The van der Waals surface area contributed by atoms with E-state index in [9.17, 15) is 13.6 Å². The Balaban J connectivity index is 1.75. The summed E-state index contributed by atoms with van der Waals surface area (Å²) in [6, 6.07) is 6.80. The molecule has 0 atom stereocenters. The Hall–Kier alpha value is -3.07. The van der Waals surface area contributed by atoms with Gasteiger partial charge in [-0.2, -0.15) is 5.10 Å². The van der Waals surface area contributed by atoms with Crippen LogP contribution in [-0.4, -0.2) is 32.6 Å². The van der Waals surface area contributed by atoms with Crippen LogP contribution in [0.4, 0.5) is 8.78 Å². The van der Waals surface area contributed by atoms with Crippen LogP contribution in [0.15, 0.2) is 47.9 Å². The Morgan fingerprint density at radius 1 is 1.29 bits per heavy atom. The van der Waals surface area contributed by atoms with Gasteiger partial charge in [0.1, 0.15) is 11.4 Å². The van der Waals surface area contributed by atoms with Crippen molar-refractivity contribution in [2.45, 2.75) is 37.7 Å². The number of nitrogens with zero attached hydrogens (tertiary/aromatic N) is 4. The Morgan fingerprint density at radius 2 is 2.10 bits per heavy atom. The first kappa shape index (κ1) is 22.6. The van der Waals surface area contributed by atoms with E-state index < -0.39 is 6.43 Å². The van der Waals surface area contributed by atoms with Crippen LogP contribution in [0.3, 0.4) is 0 Å². The lowest BCUT2D eigenvalue weighted by molar-refractivity contribution is 0.104. The molecule has 6 nitrogen and oxygen atoms in total. The smallest absolute Gasteiger partial charge is 0.280 e. The maximum absolute atomic E-state index is 13.0. The lowest BCUT2D eigenvalue weighted by Gasteiger charge is -2.10. The first-order valence-electron chi connectivity index (χ1n) is 9.58. The van der Waals surface area contributed by atoms with Gasteiger partial charge in [-0.15, -0.1) is 0 Å². The fourth-order valence-corrected chi connectivity index (χ4v) is 3.72.